The molecule has 40 heavy (non-hydrogen) atoms. The number of fused-ring (bicyclic) bond motifs is 1. The third kappa shape index (κ3) is 5.82. The van der Waals surface area contributed by atoms with E-state index in [-0.39, 0.29) is 0 Å². The van der Waals surface area contributed by atoms with E-state index in [0.717, 1.165) is 47.9 Å². The summed E-state index contributed by atoms with van der Waals surface area (Å²) in [6, 6.07) is 31.2. The molecule has 0 bridgehead atoms. The molecule has 0 radical (unpaired) electrons. The van der Waals surface area contributed by atoms with Crippen LogP contribution in [0.15, 0.2) is 103 Å². The summed E-state index contributed by atoms with van der Waals surface area (Å²) >= 11 is 0. The van der Waals surface area contributed by atoms with Crippen LogP contribution in [-0.4, -0.2) is 29.8 Å². The van der Waals surface area contributed by atoms with Gasteiger partial charge in [0, 0.05) is 29.6 Å². The van der Waals surface area contributed by atoms with Crippen molar-refractivity contribution in [2.45, 2.75) is 25.8 Å². The van der Waals surface area contributed by atoms with Crippen molar-refractivity contribution in [3.63, 3.8) is 0 Å². The van der Waals surface area contributed by atoms with Crippen molar-refractivity contribution in [2.75, 3.05) is 18.4 Å². The van der Waals surface area contributed by atoms with Crippen LogP contribution in [0.1, 0.15) is 40.7 Å². The second kappa shape index (κ2) is 11.6. The van der Waals surface area contributed by atoms with Gasteiger partial charge >= 0.3 is 0 Å². The number of benzene rings is 4. The van der Waals surface area contributed by atoms with Crippen LogP contribution in [0.3, 0.4) is 0 Å². The van der Waals surface area contributed by atoms with Gasteiger partial charge in [0.2, 0.25) is 0 Å². The number of ether oxygens (including phenoxy) is 1. The molecule has 2 aliphatic rings. The van der Waals surface area contributed by atoms with Crippen molar-refractivity contribution in [3.05, 3.63) is 120 Å². The minimum atomic E-state index is -0.421. The van der Waals surface area contributed by atoms with Crippen LogP contribution in [0.2, 0.25) is 0 Å². The SMILES string of the molecule is O=C1NC(=O)c2ccc(-c3ccc(Oc4ccccc4)cc3)cc2/C1=C/Nc1ccc(CN2CCCCC2)cc1. The Morgan fingerprint density at radius 1 is 0.725 bits per heavy atom. The highest BCUT2D eigenvalue weighted by atomic mass is 16.5. The van der Waals surface area contributed by atoms with Crippen molar-refractivity contribution < 1.29 is 14.3 Å². The molecule has 2 amide bonds. The van der Waals surface area contributed by atoms with E-state index in [2.05, 4.69) is 27.7 Å². The lowest BCUT2D eigenvalue weighted by atomic mass is 9.91. The molecule has 0 aliphatic carbocycles. The summed E-state index contributed by atoms with van der Waals surface area (Å²) in [5, 5.41) is 5.72. The number of piperidine rings is 1. The Bertz CT molecular complexity index is 1540. The van der Waals surface area contributed by atoms with E-state index < -0.39 is 11.8 Å². The number of amides is 2. The molecule has 200 valence electrons. The number of carbonyl (C=O) groups is 2. The molecule has 6 nitrogen and oxygen atoms in total. The van der Waals surface area contributed by atoms with Crippen LogP contribution in [-0.2, 0) is 11.3 Å². The van der Waals surface area contributed by atoms with Crippen LogP contribution >= 0.6 is 0 Å². The lowest BCUT2D eigenvalue weighted by Gasteiger charge is -2.26. The third-order valence-corrected chi connectivity index (χ3v) is 7.38. The lowest BCUT2D eigenvalue weighted by molar-refractivity contribution is -0.114. The maximum Gasteiger partial charge on any atom is 0.260 e. The van der Waals surface area contributed by atoms with Crippen molar-refractivity contribution in [1.82, 2.24) is 10.2 Å². The molecule has 0 unspecified atom stereocenters. The quantitative estimate of drug-likeness (QED) is 0.202. The van der Waals surface area contributed by atoms with Gasteiger partial charge in [0.05, 0.1) is 5.57 Å². The van der Waals surface area contributed by atoms with Crippen LogP contribution in [0.5, 0.6) is 11.5 Å². The van der Waals surface area contributed by atoms with Crippen LogP contribution in [0.25, 0.3) is 16.7 Å². The first-order chi connectivity index (χ1) is 19.6. The van der Waals surface area contributed by atoms with E-state index in [1.165, 1.54) is 24.8 Å². The van der Waals surface area contributed by atoms with Crippen molar-refractivity contribution in [3.8, 4) is 22.6 Å². The standard InChI is InChI=1S/C34H31N3O3/c38-33-30-18-13-26(25-11-16-29(17-12-25)40-28-7-3-1-4-8-28)21-31(30)32(34(39)36-33)22-35-27-14-9-24(10-15-27)23-37-19-5-2-6-20-37/h1,3-4,7-18,21-22,35H,2,5-6,19-20,23H2,(H,36,38,39)/b32-22-. The van der Waals surface area contributed by atoms with Crippen LogP contribution in [0, 0.1) is 0 Å². The topological polar surface area (TPSA) is 70.7 Å². The highest BCUT2D eigenvalue weighted by Crippen LogP contribution is 2.31. The number of imide groups is 1. The van der Waals surface area contributed by atoms with Gasteiger partial charge in [-0.25, -0.2) is 0 Å². The Balaban J connectivity index is 1.20. The van der Waals surface area contributed by atoms with E-state index in [9.17, 15) is 9.59 Å². The smallest absolute Gasteiger partial charge is 0.260 e. The van der Waals surface area contributed by atoms with Gasteiger partial charge in [0.15, 0.2) is 0 Å². The summed E-state index contributed by atoms with van der Waals surface area (Å²) in [6.45, 7) is 3.28. The van der Waals surface area contributed by atoms with E-state index in [1.807, 2.05) is 78.9 Å². The molecule has 4 aromatic rings. The third-order valence-electron chi connectivity index (χ3n) is 7.38. The van der Waals surface area contributed by atoms with Gasteiger partial charge < -0.3 is 10.1 Å². The number of rotatable bonds is 7. The summed E-state index contributed by atoms with van der Waals surface area (Å²) in [7, 11) is 0. The number of para-hydroxylation sites is 1. The molecule has 1 saturated heterocycles. The highest BCUT2D eigenvalue weighted by Gasteiger charge is 2.27. The molecule has 0 saturated carbocycles. The van der Waals surface area contributed by atoms with E-state index in [4.69, 9.17) is 4.74 Å². The zero-order valence-electron chi connectivity index (χ0n) is 22.2. The van der Waals surface area contributed by atoms with Crippen LogP contribution in [0.4, 0.5) is 5.69 Å². The minimum absolute atomic E-state index is 0.391. The van der Waals surface area contributed by atoms with Gasteiger partial charge in [-0.3, -0.25) is 19.8 Å². The second-order valence-corrected chi connectivity index (χ2v) is 10.2. The number of likely N-dealkylation sites (tertiary alicyclic amines) is 1. The summed E-state index contributed by atoms with van der Waals surface area (Å²) in [5.41, 5.74) is 5.50. The lowest BCUT2D eigenvalue weighted by Crippen LogP contribution is -2.36. The fourth-order valence-corrected chi connectivity index (χ4v) is 5.23. The number of nitrogens with zero attached hydrogens (tertiary/aromatic N) is 1. The van der Waals surface area contributed by atoms with Crippen molar-refractivity contribution >= 4 is 23.1 Å². The number of hydrogen-bond donors (Lipinski definition) is 2. The first kappa shape index (κ1) is 25.6. The molecular weight excluding hydrogens is 498 g/mol. The Morgan fingerprint density at radius 3 is 2.17 bits per heavy atom. The largest absolute Gasteiger partial charge is 0.457 e. The Labute approximate surface area is 234 Å². The molecule has 2 heterocycles. The monoisotopic (exact) mass is 529 g/mol. The Hall–Kier alpha value is -4.68. The van der Waals surface area contributed by atoms with Crippen molar-refractivity contribution in [2.24, 2.45) is 0 Å². The molecule has 4 aromatic carbocycles. The maximum atomic E-state index is 12.9. The average molecular weight is 530 g/mol. The van der Waals surface area contributed by atoms with Gasteiger partial charge in [-0.05, 0) is 91.2 Å². The zero-order chi connectivity index (χ0) is 27.3. The first-order valence-electron chi connectivity index (χ1n) is 13.7. The fourth-order valence-electron chi connectivity index (χ4n) is 5.23. The molecule has 0 aromatic heterocycles. The summed E-state index contributed by atoms with van der Waals surface area (Å²) < 4.78 is 5.91. The number of hydrogen-bond acceptors (Lipinski definition) is 5. The van der Waals surface area contributed by atoms with Gasteiger partial charge in [0.25, 0.3) is 11.8 Å². The molecular formula is C34H31N3O3. The first-order valence-corrected chi connectivity index (χ1v) is 13.7. The predicted octanol–water partition coefficient (Wildman–Crippen LogP) is 6.85. The Morgan fingerprint density at radius 2 is 1.43 bits per heavy atom. The molecule has 0 spiro atoms. The molecule has 2 N–H and O–H groups in total. The zero-order valence-corrected chi connectivity index (χ0v) is 22.2. The van der Waals surface area contributed by atoms with E-state index in [0.29, 0.717) is 16.7 Å². The molecule has 0 atom stereocenters. The predicted molar refractivity (Wildman–Crippen MR) is 158 cm³/mol. The van der Waals surface area contributed by atoms with Gasteiger partial charge in [-0.2, -0.15) is 0 Å². The van der Waals surface area contributed by atoms with E-state index in [1.54, 1.807) is 12.3 Å². The number of carbonyl (C=O) groups excluding carboxylic acids is 2. The average Bonchev–Trinajstić information content (AvgIpc) is 2.99. The normalized spacial score (nSPS) is 16.4. The van der Waals surface area contributed by atoms with E-state index >= 15 is 0 Å². The summed E-state index contributed by atoms with van der Waals surface area (Å²) in [4.78, 5) is 27.9. The molecule has 1 fully saturated rings. The Kier molecular flexibility index (Phi) is 7.42. The summed E-state index contributed by atoms with van der Waals surface area (Å²) in [6.07, 6.45) is 5.55. The van der Waals surface area contributed by atoms with Gasteiger partial charge in [0.1, 0.15) is 11.5 Å². The minimum Gasteiger partial charge on any atom is -0.457 e. The maximum absolute atomic E-state index is 12.9. The van der Waals surface area contributed by atoms with Gasteiger partial charge in [-0.15, -0.1) is 0 Å². The number of nitrogens with one attached hydrogen (secondary N) is 2. The molecule has 2 aliphatic heterocycles. The molecule has 6 rings (SSSR count). The highest BCUT2D eigenvalue weighted by molar-refractivity contribution is 6.31. The second-order valence-electron chi connectivity index (χ2n) is 10.2. The van der Waals surface area contributed by atoms with Crippen LogP contribution < -0.4 is 15.4 Å². The summed E-state index contributed by atoms with van der Waals surface area (Å²) in [5.74, 6) is 0.689. The number of anilines is 1. The molecule has 6 heteroatoms. The van der Waals surface area contributed by atoms with Gasteiger partial charge in [-0.1, -0.05) is 55.0 Å². The van der Waals surface area contributed by atoms with Crippen molar-refractivity contribution in [1.29, 1.82) is 0 Å². The fraction of sp³-hybridized carbons (Fsp3) is 0.176.